The van der Waals surface area contributed by atoms with Crippen LogP contribution in [0.4, 0.5) is 5.69 Å². The zero-order valence-electron chi connectivity index (χ0n) is 17.5. The van der Waals surface area contributed by atoms with Gasteiger partial charge in [-0.1, -0.05) is 5.16 Å². The highest BCUT2D eigenvalue weighted by atomic mass is 32.2. The molecule has 2 fully saturated rings. The second-order valence-electron chi connectivity index (χ2n) is 8.25. The predicted octanol–water partition coefficient (Wildman–Crippen LogP) is 2.48. The van der Waals surface area contributed by atoms with Gasteiger partial charge in [0.25, 0.3) is 5.91 Å². The van der Waals surface area contributed by atoms with Crippen LogP contribution in [-0.2, 0) is 14.8 Å². The van der Waals surface area contributed by atoms with Gasteiger partial charge in [-0.25, -0.2) is 8.42 Å². The molecule has 31 heavy (non-hydrogen) atoms. The zero-order valence-corrected chi connectivity index (χ0v) is 18.3. The monoisotopic (exact) mass is 446 g/mol. The van der Waals surface area contributed by atoms with Crippen LogP contribution in [0.3, 0.4) is 0 Å². The molecule has 166 valence electrons. The van der Waals surface area contributed by atoms with Crippen LogP contribution in [0, 0.1) is 0 Å². The van der Waals surface area contributed by atoms with Gasteiger partial charge in [-0.3, -0.25) is 9.59 Å². The fourth-order valence-electron chi connectivity index (χ4n) is 3.90. The maximum atomic E-state index is 13.1. The molecule has 2 heterocycles. The van der Waals surface area contributed by atoms with Crippen LogP contribution in [0.5, 0.6) is 0 Å². The van der Waals surface area contributed by atoms with Crippen LogP contribution < -0.4 is 10.6 Å². The molecular formula is C21H26N4O5S. The predicted molar refractivity (Wildman–Crippen MR) is 113 cm³/mol. The Morgan fingerprint density at radius 3 is 2.48 bits per heavy atom. The number of amides is 2. The number of carbonyl (C=O) groups is 2. The summed E-state index contributed by atoms with van der Waals surface area (Å²) in [5.41, 5.74) is 0.808. The summed E-state index contributed by atoms with van der Waals surface area (Å²) in [7, 11) is -3.68. The second kappa shape index (κ2) is 8.43. The molecule has 0 radical (unpaired) electrons. The number of carbonyl (C=O) groups excluding carboxylic acids is 2. The molecule has 1 aliphatic heterocycles. The summed E-state index contributed by atoms with van der Waals surface area (Å²) in [5, 5.41) is 9.43. The maximum absolute atomic E-state index is 13.1. The zero-order chi connectivity index (χ0) is 22.2. The minimum Gasteiger partial charge on any atom is -0.360 e. The van der Waals surface area contributed by atoms with Gasteiger partial charge in [0.1, 0.15) is 5.76 Å². The summed E-state index contributed by atoms with van der Waals surface area (Å²) in [6, 6.07) is 7.39. The third kappa shape index (κ3) is 4.80. The smallest absolute Gasteiger partial charge is 0.273 e. The van der Waals surface area contributed by atoms with Crippen LogP contribution >= 0.6 is 0 Å². The number of aromatic nitrogens is 1. The van der Waals surface area contributed by atoms with Crippen molar-refractivity contribution in [2.75, 3.05) is 11.9 Å². The van der Waals surface area contributed by atoms with E-state index >= 15 is 0 Å². The van der Waals surface area contributed by atoms with Gasteiger partial charge in [0.15, 0.2) is 5.69 Å². The van der Waals surface area contributed by atoms with Crippen molar-refractivity contribution in [3.8, 4) is 0 Å². The topological polar surface area (TPSA) is 122 Å². The van der Waals surface area contributed by atoms with Gasteiger partial charge < -0.3 is 15.2 Å². The van der Waals surface area contributed by atoms with E-state index in [1.165, 1.54) is 23.4 Å². The second-order valence-corrected chi connectivity index (χ2v) is 10.1. The van der Waals surface area contributed by atoms with E-state index in [1.807, 2.05) is 6.92 Å². The lowest BCUT2D eigenvalue weighted by Gasteiger charge is -2.36. The van der Waals surface area contributed by atoms with Gasteiger partial charge in [0.05, 0.1) is 4.90 Å². The summed E-state index contributed by atoms with van der Waals surface area (Å²) in [5.74, 6) is 0.624. The highest BCUT2D eigenvalue weighted by Gasteiger charge is 2.35. The number of rotatable bonds is 6. The molecule has 2 N–H and O–H groups in total. The van der Waals surface area contributed by atoms with Crippen molar-refractivity contribution in [3.05, 3.63) is 41.8 Å². The summed E-state index contributed by atoms with van der Waals surface area (Å²) in [6.45, 7) is 3.53. The molecule has 1 aromatic carbocycles. The number of sulfonamides is 1. The number of nitrogens with zero attached hydrogens (tertiary/aromatic N) is 2. The Bertz CT molecular complexity index is 1080. The summed E-state index contributed by atoms with van der Waals surface area (Å²) in [6.07, 6.45) is 3.14. The largest absolute Gasteiger partial charge is 0.360 e. The third-order valence-electron chi connectivity index (χ3n) is 5.67. The Labute approximate surface area is 181 Å². The summed E-state index contributed by atoms with van der Waals surface area (Å²) >= 11 is 0. The molecule has 10 heteroatoms. The van der Waals surface area contributed by atoms with Crippen LogP contribution in [0.25, 0.3) is 0 Å². The lowest BCUT2D eigenvalue weighted by molar-refractivity contribution is -0.114. The summed E-state index contributed by atoms with van der Waals surface area (Å²) in [4.78, 5) is 23.8. The van der Waals surface area contributed by atoms with E-state index in [1.54, 1.807) is 18.2 Å². The van der Waals surface area contributed by atoms with Crippen LogP contribution in [0.2, 0.25) is 0 Å². The standard InChI is InChI=1S/C21H26N4O5S/c1-13-11-17(23-21(27)19-12-20(30-24-19)15-3-4-15)9-10-25(13)31(28,29)18-7-5-16(6-8-18)22-14(2)26/h5-8,12-13,15,17H,3-4,9-11H2,1-2H3,(H,22,26)(H,23,27)/t13-,17-/m1/s1. The fraction of sp³-hybridized carbons (Fsp3) is 0.476. The molecule has 9 nitrogen and oxygen atoms in total. The SMILES string of the molecule is CC(=O)Nc1ccc(S(=O)(=O)N2CC[C@@H](NC(=O)c3cc(C4CC4)on3)C[C@H]2C)cc1. The van der Waals surface area contributed by atoms with Crippen molar-refractivity contribution in [2.24, 2.45) is 0 Å². The van der Waals surface area contributed by atoms with E-state index < -0.39 is 10.0 Å². The molecule has 1 saturated heterocycles. The van der Waals surface area contributed by atoms with Crippen LogP contribution in [0.15, 0.2) is 39.8 Å². The summed E-state index contributed by atoms with van der Waals surface area (Å²) < 4.78 is 32.9. The van der Waals surface area contributed by atoms with Crippen molar-refractivity contribution in [1.29, 1.82) is 0 Å². The van der Waals surface area contributed by atoms with E-state index in [9.17, 15) is 18.0 Å². The van der Waals surface area contributed by atoms with Gasteiger partial charge in [-0.05, 0) is 56.9 Å². The van der Waals surface area contributed by atoms with Gasteiger partial charge in [0.2, 0.25) is 15.9 Å². The first-order valence-corrected chi connectivity index (χ1v) is 11.8. The Morgan fingerprint density at radius 1 is 1.16 bits per heavy atom. The first kappa shape index (κ1) is 21.5. The molecule has 0 bridgehead atoms. The van der Waals surface area contributed by atoms with E-state index in [2.05, 4.69) is 15.8 Å². The molecule has 1 aliphatic carbocycles. The Balaban J connectivity index is 1.37. The average molecular weight is 447 g/mol. The third-order valence-corrected chi connectivity index (χ3v) is 7.70. The normalized spacial score (nSPS) is 22.1. The Morgan fingerprint density at radius 2 is 1.87 bits per heavy atom. The first-order chi connectivity index (χ1) is 14.7. The Kier molecular flexibility index (Phi) is 5.85. The van der Waals surface area contributed by atoms with Crippen LogP contribution in [0.1, 0.15) is 61.7 Å². The Hall–Kier alpha value is -2.72. The first-order valence-electron chi connectivity index (χ1n) is 10.4. The van der Waals surface area contributed by atoms with Crippen molar-refractivity contribution in [1.82, 2.24) is 14.8 Å². The molecule has 2 aromatic rings. The van der Waals surface area contributed by atoms with Crippen LogP contribution in [-0.4, -0.2) is 48.3 Å². The van der Waals surface area contributed by atoms with E-state index in [4.69, 9.17) is 4.52 Å². The fourth-order valence-corrected chi connectivity index (χ4v) is 5.56. The molecule has 4 rings (SSSR count). The van der Waals surface area contributed by atoms with Crippen molar-refractivity contribution in [3.63, 3.8) is 0 Å². The molecule has 1 aromatic heterocycles. The quantitative estimate of drug-likeness (QED) is 0.703. The minimum absolute atomic E-state index is 0.142. The van der Waals surface area contributed by atoms with E-state index in [0.717, 1.165) is 18.6 Å². The number of hydrogen-bond acceptors (Lipinski definition) is 6. The van der Waals surface area contributed by atoms with Gasteiger partial charge in [-0.2, -0.15) is 4.31 Å². The van der Waals surface area contributed by atoms with Gasteiger partial charge >= 0.3 is 0 Å². The van der Waals surface area contributed by atoms with Crippen molar-refractivity contribution < 1.29 is 22.5 Å². The highest BCUT2D eigenvalue weighted by molar-refractivity contribution is 7.89. The molecular weight excluding hydrogens is 420 g/mol. The molecule has 2 aliphatic rings. The van der Waals surface area contributed by atoms with Crippen molar-refractivity contribution in [2.45, 2.75) is 62.4 Å². The van der Waals surface area contributed by atoms with Gasteiger partial charge in [0, 0.05) is 43.2 Å². The number of piperidine rings is 1. The molecule has 2 atom stereocenters. The van der Waals surface area contributed by atoms with E-state index in [0.29, 0.717) is 31.0 Å². The maximum Gasteiger partial charge on any atom is 0.273 e. The van der Waals surface area contributed by atoms with Gasteiger partial charge in [-0.15, -0.1) is 0 Å². The lowest BCUT2D eigenvalue weighted by atomic mass is 10.0. The number of nitrogens with one attached hydrogen (secondary N) is 2. The molecule has 0 unspecified atom stereocenters. The number of benzene rings is 1. The molecule has 1 saturated carbocycles. The van der Waals surface area contributed by atoms with E-state index in [-0.39, 0.29) is 34.5 Å². The number of anilines is 1. The highest BCUT2D eigenvalue weighted by Crippen LogP contribution is 2.40. The molecule has 2 amide bonds. The number of hydrogen-bond donors (Lipinski definition) is 2. The van der Waals surface area contributed by atoms with Crippen molar-refractivity contribution >= 4 is 27.5 Å². The average Bonchev–Trinajstić information content (AvgIpc) is 3.44. The lowest BCUT2D eigenvalue weighted by Crippen LogP contribution is -2.50. The minimum atomic E-state index is -3.68. The molecule has 0 spiro atoms.